The van der Waals surface area contributed by atoms with Crippen LogP contribution in [0.5, 0.6) is 0 Å². The summed E-state index contributed by atoms with van der Waals surface area (Å²) in [5.41, 5.74) is 0. The van der Waals surface area contributed by atoms with Crippen LogP contribution in [-0.2, 0) is 65.4 Å². The van der Waals surface area contributed by atoms with E-state index < -0.39 is 97.5 Å². The first-order chi connectivity index (χ1) is 48.4. The zero-order valence-corrected chi connectivity index (χ0v) is 67.3. The highest BCUT2D eigenvalue weighted by Gasteiger charge is 2.30. The lowest BCUT2D eigenvalue weighted by Gasteiger charge is -2.21. The molecule has 0 spiro atoms. The topological polar surface area (TPSA) is 237 Å². The second kappa shape index (κ2) is 72.6. The molecule has 0 heterocycles. The maximum Gasteiger partial charge on any atom is 0.472 e. The summed E-state index contributed by atoms with van der Waals surface area (Å²) in [5, 5.41) is 10.6. The van der Waals surface area contributed by atoms with Crippen molar-refractivity contribution < 1.29 is 80.2 Å². The number of ether oxygens (including phenoxy) is 4. The number of carbonyl (C=O) groups is 4. The lowest BCUT2D eigenvalue weighted by Crippen LogP contribution is -2.30. The number of carbonyl (C=O) groups excluding carboxylic acids is 4. The molecule has 4 unspecified atom stereocenters. The Hall–Kier alpha value is -1.94. The third-order valence-electron chi connectivity index (χ3n) is 19.7. The molecule has 594 valence electrons. The van der Waals surface area contributed by atoms with Crippen LogP contribution < -0.4 is 0 Å². The van der Waals surface area contributed by atoms with Crippen molar-refractivity contribution in [1.29, 1.82) is 0 Å². The molecule has 0 aromatic rings. The van der Waals surface area contributed by atoms with Gasteiger partial charge in [-0.3, -0.25) is 37.3 Å². The van der Waals surface area contributed by atoms with Crippen molar-refractivity contribution in [1.82, 2.24) is 0 Å². The Bertz CT molecular complexity index is 1930. The van der Waals surface area contributed by atoms with E-state index in [0.29, 0.717) is 25.7 Å². The fourth-order valence-corrected chi connectivity index (χ4v) is 14.1. The molecule has 100 heavy (non-hydrogen) atoms. The third-order valence-corrected chi connectivity index (χ3v) is 21.6. The van der Waals surface area contributed by atoms with Gasteiger partial charge in [-0.1, -0.05) is 375 Å². The van der Waals surface area contributed by atoms with Gasteiger partial charge in [0.2, 0.25) is 0 Å². The summed E-state index contributed by atoms with van der Waals surface area (Å²) >= 11 is 0. The second-order valence-electron chi connectivity index (χ2n) is 29.6. The van der Waals surface area contributed by atoms with Crippen molar-refractivity contribution in [3.63, 3.8) is 0 Å². The van der Waals surface area contributed by atoms with E-state index in [2.05, 4.69) is 41.5 Å². The fraction of sp³-hybridized carbons (Fsp3) is 0.951. The summed E-state index contributed by atoms with van der Waals surface area (Å²) in [6.07, 6.45) is 62.6. The van der Waals surface area contributed by atoms with Crippen molar-refractivity contribution in [2.24, 2.45) is 11.8 Å². The average Bonchev–Trinajstić information content (AvgIpc) is 1.00. The molecular formula is C81H158O17P2. The minimum atomic E-state index is -4.96. The van der Waals surface area contributed by atoms with E-state index in [1.54, 1.807) is 0 Å². The molecule has 0 fully saturated rings. The van der Waals surface area contributed by atoms with E-state index in [4.69, 9.17) is 37.0 Å². The second-order valence-corrected chi connectivity index (χ2v) is 32.6. The zero-order chi connectivity index (χ0) is 73.5. The van der Waals surface area contributed by atoms with E-state index in [9.17, 15) is 43.2 Å². The van der Waals surface area contributed by atoms with Gasteiger partial charge in [-0.15, -0.1) is 0 Å². The van der Waals surface area contributed by atoms with E-state index in [1.807, 2.05) is 0 Å². The van der Waals surface area contributed by atoms with Crippen molar-refractivity contribution in [2.75, 3.05) is 39.6 Å². The van der Waals surface area contributed by atoms with E-state index in [-0.39, 0.29) is 25.7 Å². The zero-order valence-electron chi connectivity index (χ0n) is 65.5. The number of aliphatic hydroxyl groups excluding tert-OH is 1. The Morgan fingerprint density at radius 2 is 0.480 bits per heavy atom. The normalized spacial score (nSPS) is 14.4. The van der Waals surface area contributed by atoms with E-state index in [1.165, 1.54) is 238 Å². The molecule has 0 bridgehead atoms. The van der Waals surface area contributed by atoms with Crippen LogP contribution in [0.25, 0.3) is 0 Å². The third kappa shape index (κ3) is 71.7. The summed E-state index contributed by atoms with van der Waals surface area (Å²) in [4.78, 5) is 73.0. The summed E-state index contributed by atoms with van der Waals surface area (Å²) in [5.74, 6) is -0.613. The number of unbranched alkanes of at least 4 members (excludes halogenated alkanes) is 48. The van der Waals surface area contributed by atoms with Crippen LogP contribution in [0.1, 0.15) is 427 Å². The maximum atomic E-state index is 13.1. The van der Waals surface area contributed by atoms with Crippen LogP contribution in [0, 0.1) is 11.8 Å². The highest BCUT2D eigenvalue weighted by molar-refractivity contribution is 7.47. The predicted octanol–water partition coefficient (Wildman–Crippen LogP) is 24.3. The quantitative estimate of drug-likeness (QED) is 0.0222. The smallest absolute Gasteiger partial charge is 0.462 e. The SMILES string of the molecule is CCCCCCCCCCCCCCCCCCCCCCCCC(=O)O[C@H](COC(=O)CCCCCCCCCCCCCCCCCC)COP(=O)(O)OC[C@@H](O)COP(=O)(O)OC[C@@H](COC(=O)CCCCCCCCC(C)CC)OC(=O)CCCCCCCCCCC(C)CC. The van der Waals surface area contributed by atoms with Crippen LogP contribution in [0.15, 0.2) is 0 Å². The first-order valence-electron chi connectivity index (χ1n) is 42.1. The molecule has 0 aliphatic rings. The molecule has 0 aromatic carbocycles. The highest BCUT2D eigenvalue weighted by atomic mass is 31.2. The van der Waals surface area contributed by atoms with Crippen LogP contribution in [-0.4, -0.2) is 96.7 Å². The molecule has 7 atom stereocenters. The fourth-order valence-electron chi connectivity index (χ4n) is 12.5. The van der Waals surface area contributed by atoms with Crippen molar-refractivity contribution in [2.45, 2.75) is 445 Å². The van der Waals surface area contributed by atoms with Crippen LogP contribution in [0.2, 0.25) is 0 Å². The van der Waals surface area contributed by atoms with Gasteiger partial charge in [0.15, 0.2) is 12.2 Å². The number of rotatable bonds is 80. The Morgan fingerprint density at radius 1 is 0.280 bits per heavy atom. The molecule has 19 heteroatoms. The number of phosphoric ester groups is 2. The van der Waals surface area contributed by atoms with Gasteiger partial charge in [-0.25, -0.2) is 9.13 Å². The van der Waals surface area contributed by atoms with Crippen molar-refractivity contribution in [3.8, 4) is 0 Å². The standard InChI is InChI=1S/C81H158O17P2/c1-7-11-13-15-17-19-21-23-25-27-28-29-30-31-32-34-36-38-40-45-53-59-65-80(85)97-76(69-91-78(83)63-57-51-44-39-37-35-33-26-24-22-20-18-16-14-12-8-2)71-95-99(87,88)93-67-75(82)68-94-100(89,90)96-72-77(70-92-79(84)64-58-52-48-47-50-56-62-74(6)10-4)98-81(86)66-60-54-46-42-41-43-49-55-61-73(5)9-3/h73-77,82H,7-72H2,1-6H3,(H,87,88)(H,89,90)/t73?,74?,75-,76-,77-/m1/s1. The number of hydrogen-bond acceptors (Lipinski definition) is 15. The van der Waals surface area contributed by atoms with Gasteiger partial charge in [0, 0.05) is 25.7 Å². The molecule has 0 rings (SSSR count). The monoisotopic (exact) mass is 1470 g/mol. The summed E-state index contributed by atoms with van der Waals surface area (Å²) in [6.45, 7) is 9.58. The van der Waals surface area contributed by atoms with Gasteiger partial charge in [0.1, 0.15) is 19.3 Å². The molecule has 0 saturated heterocycles. The number of phosphoric acid groups is 2. The van der Waals surface area contributed by atoms with Gasteiger partial charge in [-0.05, 0) is 37.5 Å². The summed E-state index contributed by atoms with van der Waals surface area (Å²) in [6, 6.07) is 0. The summed E-state index contributed by atoms with van der Waals surface area (Å²) in [7, 11) is -9.92. The van der Waals surface area contributed by atoms with Crippen LogP contribution >= 0.6 is 15.6 Å². The Kier molecular flexibility index (Phi) is 71.2. The average molecular weight is 1470 g/mol. The van der Waals surface area contributed by atoms with Crippen LogP contribution in [0.4, 0.5) is 0 Å². The maximum absolute atomic E-state index is 13.1. The minimum absolute atomic E-state index is 0.104. The van der Waals surface area contributed by atoms with Crippen molar-refractivity contribution in [3.05, 3.63) is 0 Å². The first kappa shape index (κ1) is 98.1. The predicted molar refractivity (Wildman–Crippen MR) is 409 cm³/mol. The van der Waals surface area contributed by atoms with E-state index in [0.717, 1.165) is 108 Å². The van der Waals surface area contributed by atoms with Crippen LogP contribution in [0.3, 0.4) is 0 Å². The molecule has 0 aromatic heterocycles. The Balaban J connectivity index is 5.21. The summed E-state index contributed by atoms with van der Waals surface area (Å²) < 4.78 is 68.7. The highest BCUT2D eigenvalue weighted by Crippen LogP contribution is 2.45. The molecule has 0 saturated carbocycles. The van der Waals surface area contributed by atoms with Gasteiger partial charge in [0.05, 0.1) is 26.4 Å². The number of aliphatic hydroxyl groups is 1. The van der Waals surface area contributed by atoms with Gasteiger partial charge in [0.25, 0.3) is 0 Å². The van der Waals surface area contributed by atoms with Gasteiger partial charge < -0.3 is 33.8 Å². The Labute approximate surface area is 613 Å². The van der Waals surface area contributed by atoms with Gasteiger partial charge in [-0.2, -0.15) is 0 Å². The molecule has 0 aliphatic carbocycles. The van der Waals surface area contributed by atoms with E-state index >= 15 is 0 Å². The molecule has 0 radical (unpaired) electrons. The molecule has 3 N–H and O–H groups in total. The molecule has 0 aliphatic heterocycles. The lowest BCUT2D eigenvalue weighted by molar-refractivity contribution is -0.161. The number of esters is 4. The van der Waals surface area contributed by atoms with Crippen molar-refractivity contribution >= 4 is 39.5 Å². The molecule has 0 amide bonds. The largest absolute Gasteiger partial charge is 0.472 e. The first-order valence-corrected chi connectivity index (χ1v) is 45.1. The van der Waals surface area contributed by atoms with Gasteiger partial charge >= 0.3 is 39.5 Å². The lowest BCUT2D eigenvalue weighted by atomic mass is 9.99. The number of hydrogen-bond donors (Lipinski definition) is 3. The minimum Gasteiger partial charge on any atom is -0.462 e. The Morgan fingerprint density at radius 3 is 0.710 bits per heavy atom. The molecular weight excluding hydrogens is 1310 g/mol. The molecule has 17 nitrogen and oxygen atoms in total.